The maximum atomic E-state index is 13.8. The third-order valence-electron chi connectivity index (χ3n) is 5.07. The summed E-state index contributed by atoms with van der Waals surface area (Å²) in [7, 11) is 1.89. The zero-order chi connectivity index (χ0) is 24.1. The van der Waals surface area contributed by atoms with Gasteiger partial charge < -0.3 is 9.88 Å². The molecule has 0 radical (unpaired) electrons. The minimum Gasteiger partial charge on any atom is -0.354 e. The molecule has 2 heterocycles. The van der Waals surface area contributed by atoms with Crippen molar-refractivity contribution in [3.63, 3.8) is 0 Å². The van der Waals surface area contributed by atoms with E-state index in [1.54, 1.807) is 18.3 Å². The molecule has 4 rings (SSSR count). The average Bonchev–Trinajstić information content (AvgIpc) is 3.33. The van der Waals surface area contributed by atoms with Gasteiger partial charge in [0.1, 0.15) is 5.82 Å². The number of rotatable bonds is 8. The molecule has 1 aliphatic heterocycles. The number of carbonyl (C=O) groups excluding carboxylic acids is 3. The number of amides is 3. The van der Waals surface area contributed by atoms with Crippen molar-refractivity contribution in [1.29, 1.82) is 0 Å². The van der Waals surface area contributed by atoms with Crippen LogP contribution in [0.5, 0.6) is 0 Å². The van der Waals surface area contributed by atoms with Gasteiger partial charge in [-0.05, 0) is 29.5 Å². The molecule has 1 fully saturated rings. The number of hydrogen-bond donors (Lipinski definition) is 1. The van der Waals surface area contributed by atoms with Crippen molar-refractivity contribution in [1.82, 2.24) is 19.8 Å². The van der Waals surface area contributed by atoms with Crippen LogP contribution in [-0.2, 0) is 16.6 Å². The number of thioether (sulfide) groups is 2. The molecule has 1 aliphatic rings. The van der Waals surface area contributed by atoms with Crippen LogP contribution in [0.25, 0.3) is 17.3 Å². The lowest BCUT2D eigenvalue weighted by atomic mass is 10.2. The molecule has 0 saturated carbocycles. The molecule has 1 saturated heterocycles. The molecular weight excluding hydrogens is 475 g/mol. The Hall–Kier alpha value is -3.37. The van der Waals surface area contributed by atoms with Crippen molar-refractivity contribution in [2.45, 2.75) is 5.16 Å². The minimum atomic E-state index is -0.497. The lowest BCUT2D eigenvalue weighted by molar-refractivity contribution is -0.123. The second-order valence-electron chi connectivity index (χ2n) is 7.34. The second kappa shape index (κ2) is 10.7. The minimum absolute atomic E-state index is 0.0379. The maximum Gasteiger partial charge on any atom is 0.293 e. The van der Waals surface area contributed by atoms with Crippen LogP contribution >= 0.6 is 23.5 Å². The van der Waals surface area contributed by atoms with E-state index in [2.05, 4.69) is 10.3 Å². The molecule has 0 unspecified atom stereocenters. The molecule has 1 N–H and O–H groups in total. The lowest BCUT2D eigenvalue weighted by Gasteiger charge is -2.13. The Kier molecular flexibility index (Phi) is 7.49. The Morgan fingerprint density at radius 1 is 1.15 bits per heavy atom. The van der Waals surface area contributed by atoms with E-state index in [-0.39, 0.29) is 35.2 Å². The third-order valence-corrected chi connectivity index (χ3v) is 7.02. The van der Waals surface area contributed by atoms with Crippen LogP contribution in [0.15, 0.2) is 70.9 Å². The highest BCUT2D eigenvalue weighted by molar-refractivity contribution is 8.18. The highest BCUT2D eigenvalue weighted by atomic mass is 32.2. The molecule has 3 aromatic rings. The number of halogens is 1. The molecule has 1 aromatic heterocycles. The third kappa shape index (κ3) is 5.40. The van der Waals surface area contributed by atoms with Crippen molar-refractivity contribution < 1.29 is 18.8 Å². The van der Waals surface area contributed by atoms with E-state index in [0.717, 1.165) is 27.9 Å². The number of hydrogen-bond acceptors (Lipinski definition) is 6. The maximum absolute atomic E-state index is 13.8. The van der Waals surface area contributed by atoms with Crippen LogP contribution < -0.4 is 5.32 Å². The van der Waals surface area contributed by atoms with Gasteiger partial charge in [-0.2, -0.15) is 0 Å². The summed E-state index contributed by atoms with van der Waals surface area (Å²) >= 11 is 2.06. The van der Waals surface area contributed by atoms with Gasteiger partial charge in [0.05, 0.1) is 22.5 Å². The summed E-state index contributed by atoms with van der Waals surface area (Å²) in [5.41, 5.74) is 2.23. The zero-order valence-corrected chi connectivity index (χ0v) is 19.9. The first-order valence-electron chi connectivity index (χ1n) is 10.4. The predicted octanol–water partition coefficient (Wildman–Crippen LogP) is 4.17. The molecular formula is C24H21FN4O3S2. The Labute approximate surface area is 204 Å². The van der Waals surface area contributed by atoms with E-state index < -0.39 is 17.0 Å². The standard InChI is InChI=1S/C24H21FN4O3S2/c1-28-19(16-7-3-2-4-8-16)14-27-23(28)33-15-21(30)26-11-12-29-22(31)20(34-24(29)32)13-17-9-5-6-10-18(17)25/h2-10,13-14H,11-12,15H2,1H3,(H,26,30)/b20-13-. The van der Waals surface area contributed by atoms with Crippen LogP contribution in [-0.4, -0.2) is 50.3 Å². The van der Waals surface area contributed by atoms with Gasteiger partial charge in [0, 0.05) is 25.7 Å². The van der Waals surface area contributed by atoms with Gasteiger partial charge in [-0.1, -0.05) is 60.3 Å². The fourth-order valence-electron chi connectivity index (χ4n) is 3.32. The van der Waals surface area contributed by atoms with Crippen molar-refractivity contribution in [3.8, 4) is 11.3 Å². The quantitative estimate of drug-likeness (QED) is 0.372. The summed E-state index contributed by atoms with van der Waals surface area (Å²) in [6.07, 6.45) is 3.14. The van der Waals surface area contributed by atoms with Crippen LogP contribution in [0, 0.1) is 5.82 Å². The van der Waals surface area contributed by atoms with Crippen LogP contribution in [0.4, 0.5) is 9.18 Å². The molecule has 0 aliphatic carbocycles. The van der Waals surface area contributed by atoms with Crippen LogP contribution in [0.1, 0.15) is 5.56 Å². The van der Waals surface area contributed by atoms with Gasteiger partial charge in [-0.25, -0.2) is 9.37 Å². The van der Waals surface area contributed by atoms with E-state index in [4.69, 9.17) is 0 Å². The first-order valence-corrected chi connectivity index (χ1v) is 12.2. The van der Waals surface area contributed by atoms with E-state index in [1.165, 1.54) is 30.0 Å². The number of nitrogens with one attached hydrogen (secondary N) is 1. The summed E-state index contributed by atoms with van der Waals surface area (Å²) in [6, 6.07) is 15.9. The van der Waals surface area contributed by atoms with Crippen molar-refractivity contribution in [2.24, 2.45) is 7.05 Å². The fraction of sp³-hybridized carbons (Fsp3) is 0.167. The van der Waals surface area contributed by atoms with E-state index in [0.29, 0.717) is 5.16 Å². The molecule has 3 amide bonds. The normalized spacial score (nSPS) is 14.8. The smallest absolute Gasteiger partial charge is 0.293 e. The number of carbonyl (C=O) groups is 3. The van der Waals surface area contributed by atoms with E-state index in [9.17, 15) is 18.8 Å². The summed E-state index contributed by atoms with van der Waals surface area (Å²) in [5.74, 6) is -1.05. The number of nitrogens with zero attached hydrogens (tertiary/aromatic N) is 3. The number of aromatic nitrogens is 2. The van der Waals surface area contributed by atoms with E-state index in [1.807, 2.05) is 41.9 Å². The van der Waals surface area contributed by atoms with Crippen molar-refractivity contribution in [2.75, 3.05) is 18.8 Å². The summed E-state index contributed by atoms with van der Waals surface area (Å²) < 4.78 is 15.8. The highest BCUT2D eigenvalue weighted by Gasteiger charge is 2.34. The molecule has 7 nitrogen and oxygen atoms in total. The Morgan fingerprint density at radius 3 is 2.65 bits per heavy atom. The van der Waals surface area contributed by atoms with Crippen LogP contribution in [0.3, 0.4) is 0 Å². The van der Waals surface area contributed by atoms with Crippen LogP contribution in [0.2, 0.25) is 0 Å². The Balaban J connectivity index is 1.27. The largest absolute Gasteiger partial charge is 0.354 e. The fourth-order valence-corrected chi connectivity index (χ4v) is 4.96. The number of imidazole rings is 1. The molecule has 2 aromatic carbocycles. The summed E-state index contributed by atoms with van der Waals surface area (Å²) in [6.45, 7) is 0.163. The zero-order valence-electron chi connectivity index (χ0n) is 18.2. The SMILES string of the molecule is Cn1c(-c2ccccc2)cnc1SCC(=O)NCCN1C(=O)S/C(=C\c2ccccc2F)C1=O. The molecule has 10 heteroatoms. The van der Waals surface area contributed by atoms with Crippen molar-refractivity contribution >= 4 is 46.7 Å². The summed E-state index contributed by atoms with van der Waals surface area (Å²) in [5, 5.41) is 2.98. The number of benzene rings is 2. The second-order valence-corrected chi connectivity index (χ2v) is 9.28. The van der Waals surface area contributed by atoms with Gasteiger partial charge in [-0.3, -0.25) is 19.3 Å². The van der Waals surface area contributed by atoms with Gasteiger partial charge in [0.15, 0.2) is 5.16 Å². The molecule has 174 valence electrons. The number of imide groups is 1. The highest BCUT2D eigenvalue weighted by Crippen LogP contribution is 2.32. The van der Waals surface area contributed by atoms with Gasteiger partial charge >= 0.3 is 0 Å². The van der Waals surface area contributed by atoms with Gasteiger partial charge in [-0.15, -0.1) is 0 Å². The topological polar surface area (TPSA) is 84.3 Å². The van der Waals surface area contributed by atoms with Gasteiger partial charge in [0.25, 0.3) is 11.1 Å². The average molecular weight is 497 g/mol. The van der Waals surface area contributed by atoms with Gasteiger partial charge in [0.2, 0.25) is 5.91 Å². The molecule has 34 heavy (non-hydrogen) atoms. The first kappa shape index (κ1) is 23.8. The Bertz CT molecular complexity index is 1260. The van der Waals surface area contributed by atoms with E-state index >= 15 is 0 Å². The molecule has 0 bridgehead atoms. The summed E-state index contributed by atoms with van der Waals surface area (Å²) in [4.78, 5) is 42.6. The molecule has 0 atom stereocenters. The lowest BCUT2D eigenvalue weighted by Crippen LogP contribution is -2.37. The molecule has 0 spiro atoms. The predicted molar refractivity (Wildman–Crippen MR) is 131 cm³/mol. The monoisotopic (exact) mass is 496 g/mol. The Morgan fingerprint density at radius 2 is 1.88 bits per heavy atom. The first-order chi connectivity index (χ1) is 16.4. The van der Waals surface area contributed by atoms with Crippen molar-refractivity contribution in [3.05, 3.63) is 77.1 Å².